The smallest absolute Gasteiger partial charge is 0.291 e. The summed E-state index contributed by atoms with van der Waals surface area (Å²) in [6.07, 6.45) is 1.47. The minimum Gasteiger partial charge on any atom is -0.459 e. The van der Waals surface area contributed by atoms with E-state index in [0.29, 0.717) is 11.6 Å². The lowest BCUT2D eigenvalue weighted by atomic mass is 10.1. The summed E-state index contributed by atoms with van der Waals surface area (Å²) in [6, 6.07) is 14.8. The Hall–Kier alpha value is -3.34. The summed E-state index contributed by atoms with van der Waals surface area (Å²) in [5.41, 5.74) is 5.10. The number of oxazole rings is 1. The number of benzene rings is 2. The van der Waals surface area contributed by atoms with E-state index in [9.17, 15) is 4.79 Å². The molecule has 0 spiro atoms. The van der Waals surface area contributed by atoms with Gasteiger partial charge in [0.25, 0.3) is 5.91 Å². The van der Waals surface area contributed by atoms with Crippen molar-refractivity contribution < 1.29 is 13.6 Å². The van der Waals surface area contributed by atoms with E-state index in [1.807, 2.05) is 50.2 Å². The molecule has 0 fully saturated rings. The summed E-state index contributed by atoms with van der Waals surface area (Å²) in [6.45, 7) is 3.94. The number of aryl methyl sites for hydroxylation is 1. The molecule has 2 aromatic heterocycles. The van der Waals surface area contributed by atoms with Crippen molar-refractivity contribution in [2.24, 2.45) is 0 Å². The maximum absolute atomic E-state index is 12.2. The molecule has 0 saturated carbocycles. The van der Waals surface area contributed by atoms with Crippen LogP contribution in [0.4, 0.5) is 5.69 Å². The number of carbonyl (C=O) groups excluding carboxylic acids is 1. The molecule has 4 aromatic rings. The lowest BCUT2D eigenvalue weighted by molar-refractivity contribution is 0.0996. The van der Waals surface area contributed by atoms with Crippen molar-refractivity contribution in [1.29, 1.82) is 0 Å². The molecule has 0 unspecified atom stereocenters. The monoisotopic (exact) mass is 332 g/mol. The van der Waals surface area contributed by atoms with E-state index in [-0.39, 0.29) is 11.7 Å². The fourth-order valence-corrected chi connectivity index (χ4v) is 2.75. The average Bonchev–Trinajstić information content (AvgIpc) is 3.25. The van der Waals surface area contributed by atoms with Crippen LogP contribution in [0, 0.1) is 13.8 Å². The van der Waals surface area contributed by atoms with Crippen LogP contribution in [0.3, 0.4) is 0 Å². The topological polar surface area (TPSA) is 68.3 Å². The third-order valence-electron chi connectivity index (χ3n) is 4.10. The highest BCUT2D eigenvalue weighted by Gasteiger charge is 2.15. The molecule has 0 aliphatic rings. The first-order chi connectivity index (χ1) is 12.1. The molecular weight excluding hydrogens is 316 g/mol. The molecule has 0 aliphatic carbocycles. The highest BCUT2D eigenvalue weighted by atomic mass is 16.3. The first kappa shape index (κ1) is 15.2. The molecule has 5 nitrogen and oxygen atoms in total. The molecule has 5 heteroatoms. The minimum absolute atomic E-state index is 0.266. The lowest BCUT2D eigenvalue weighted by Crippen LogP contribution is -2.12. The SMILES string of the molecule is Cc1ccc2oc(-c3cccc(NC(=O)c4ccco4)c3C)nc2c1. The number of hydrogen-bond donors (Lipinski definition) is 1. The quantitative estimate of drug-likeness (QED) is 0.576. The fourth-order valence-electron chi connectivity index (χ4n) is 2.75. The average molecular weight is 332 g/mol. The third kappa shape index (κ3) is 2.80. The summed E-state index contributed by atoms with van der Waals surface area (Å²) in [5, 5.41) is 2.86. The van der Waals surface area contributed by atoms with Gasteiger partial charge in [-0.25, -0.2) is 4.98 Å². The molecule has 0 saturated heterocycles. The van der Waals surface area contributed by atoms with Crippen molar-refractivity contribution in [3.05, 3.63) is 71.7 Å². The highest BCUT2D eigenvalue weighted by Crippen LogP contribution is 2.31. The Morgan fingerprint density at radius 1 is 1.08 bits per heavy atom. The predicted octanol–water partition coefficient (Wildman–Crippen LogP) is 4.96. The second-order valence-corrected chi connectivity index (χ2v) is 5.90. The van der Waals surface area contributed by atoms with Gasteiger partial charge in [0.2, 0.25) is 5.89 Å². The Bertz CT molecular complexity index is 1060. The van der Waals surface area contributed by atoms with Gasteiger partial charge in [0.1, 0.15) is 5.52 Å². The third-order valence-corrected chi connectivity index (χ3v) is 4.10. The zero-order chi connectivity index (χ0) is 17.4. The van der Waals surface area contributed by atoms with Gasteiger partial charge in [-0.05, 0) is 61.4 Å². The summed E-state index contributed by atoms with van der Waals surface area (Å²) >= 11 is 0. The van der Waals surface area contributed by atoms with E-state index in [0.717, 1.165) is 27.8 Å². The van der Waals surface area contributed by atoms with Crippen LogP contribution in [0.1, 0.15) is 21.7 Å². The molecular formula is C20H16N2O3. The van der Waals surface area contributed by atoms with Gasteiger partial charge in [-0.1, -0.05) is 12.1 Å². The zero-order valence-electron chi connectivity index (χ0n) is 13.9. The largest absolute Gasteiger partial charge is 0.459 e. The van der Waals surface area contributed by atoms with E-state index in [4.69, 9.17) is 8.83 Å². The van der Waals surface area contributed by atoms with Gasteiger partial charge in [0.15, 0.2) is 11.3 Å². The second-order valence-electron chi connectivity index (χ2n) is 5.90. The molecule has 1 N–H and O–H groups in total. The molecule has 2 aromatic carbocycles. The molecule has 25 heavy (non-hydrogen) atoms. The maximum atomic E-state index is 12.2. The van der Waals surface area contributed by atoms with E-state index in [2.05, 4.69) is 10.3 Å². The molecule has 0 aliphatic heterocycles. The van der Waals surface area contributed by atoms with Crippen LogP contribution in [0.5, 0.6) is 0 Å². The van der Waals surface area contributed by atoms with Crippen LogP contribution in [-0.2, 0) is 0 Å². The lowest BCUT2D eigenvalue weighted by Gasteiger charge is -2.09. The van der Waals surface area contributed by atoms with Crippen LogP contribution in [0.25, 0.3) is 22.6 Å². The number of nitrogens with zero attached hydrogens (tertiary/aromatic N) is 1. The van der Waals surface area contributed by atoms with Gasteiger partial charge in [-0.2, -0.15) is 0 Å². The normalized spacial score (nSPS) is 11.0. The number of carbonyl (C=O) groups is 1. The number of aromatic nitrogens is 1. The molecule has 4 rings (SSSR count). The van der Waals surface area contributed by atoms with Crippen molar-refractivity contribution in [2.75, 3.05) is 5.32 Å². The van der Waals surface area contributed by atoms with Crippen molar-refractivity contribution in [2.45, 2.75) is 13.8 Å². The molecule has 0 atom stereocenters. The Morgan fingerprint density at radius 2 is 1.96 bits per heavy atom. The van der Waals surface area contributed by atoms with Gasteiger partial charge < -0.3 is 14.2 Å². The van der Waals surface area contributed by atoms with E-state index < -0.39 is 0 Å². The zero-order valence-corrected chi connectivity index (χ0v) is 13.9. The van der Waals surface area contributed by atoms with Crippen molar-refractivity contribution >= 4 is 22.7 Å². The molecule has 1 amide bonds. The Morgan fingerprint density at radius 3 is 2.76 bits per heavy atom. The minimum atomic E-state index is -0.293. The Kier molecular flexibility index (Phi) is 3.61. The van der Waals surface area contributed by atoms with Crippen molar-refractivity contribution in [1.82, 2.24) is 4.98 Å². The number of nitrogens with one attached hydrogen (secondary N) is 1. The number of amides is 1. The first-order valence-corrected chi connectivity index (χ1v) is 7.94. The van der Waals surface area contributed by atoms with Crippen LogP contribution in [-0.4, -0.2) is 10.9 Å². The van der Waals surface area contributed by atoms with E-state index >= 15 is 0 Å². The summed E-state index contributed by atoms with van der Waals surface area (Å²) in [7, 11) is 0. The summed E-state index contributed by atoms with van der Waals surface area (Å²) in [5.74, 6) is 0.507. The molecule has 0 bridgehead atoms. The molecule has 2 heterocycles. The van der Waals surface area contributed by atoms with Crippen LogP contribution in [0.2, 0.25) is 0 Å². The van der Waals surface area contributed by atoms with Gasteiger partial charge in [-0.3, -0.25) is 4.79 Å². The molecule has 0 radical (unpaired) electrons. The van der Waals surface area contributed by atoms with Crippen molar-refractivity contribution in [3.8, 4) is 11.5 Å². The standard InChI is InChI=1S/C20H16N2O3/c1-12-8-9-17-16(11-12)22-20(25-17)14-5-3-6-15(13(14)2)21-19(23)18-7-4-10-24-18/h3-11H,1-2H3,(H,21,23). The second kappa shape index (κ2) is 5.94. The van der Waals surface area contributed by atoms with Gasteiger partial charge in [0.05, 0.1) is 6.26 Å². The Labute approximate surface area is 144 Å². The van der Waals surface area contributed by atoms with Gasteiger partial charge in [-0.15, -0.1) is 0 Å². The van der Waals surface area contributed by atoms with Crippen LogP contribution >= 0.6 is 0 Å². The highest BCUT2D eigenvalue weighted by molar-refractivity contribution is 6.03. The summed E-state index contributed by atoms with van der Waals surface area (Å²) < 4.78 is 11.0. The van der Waals surface area contributed by atoms with E-state index in [1.165, 1.54) is 6.26 Å². The number of anilines is 1. The van der Waals surface area contributed by atoms with Gasteiger partial charge >= 0.3 is 0 Å². The first-order valence-electron chi connectivity index (χ1n) is 7.94. The number of fused-ring (bicyclic) bond motifs is 1. The molecule has 124 valence electrons. The Balaban J connectivity index is 1.71. The number of rotatable bonds is 3. The predicted molar refractivity (Wildman–Crippen MR) is 95.6 cm³/mol. The number of hydrogen-bond acceptors (Lipinski definition) is 4. The number of furan rings is 1. The van der Waals surface area contributed by atoms with Gasteiger partial charge in [0, 0.05) is 11.3 Å². The van der Waals surface area contributed by atoms with E-state index in [1.54, 1.807) is 12.1 Å². The summed E-state index contributed by atoms with van der Waals surface area (Å²) in [4.78, 5) is 16.8. The van der Waals surface area contributed by atoms with Crippen LogP contribution < -0.4 is 5.32 Å². The fraction of sp³-hybridized carbons (Fsp3) is 0.100. The maximum Gasteiger partial charge on any atom is 0.291 e. The van der Waals surface area contributed by atoms with Crippen LogP contribution in [0.15, 0.2) is 63.6 Å². The van der Waals surface area contributed by atoms with Crippen molar-refractivity contribution in [3.63, 3.8) is 0 Å².